The first-order valence-corrected chi connectivity index (χ1v) is 7.43. The van der Waals surface area contributed by atoms with Crippen LogP contribution in [0.4, 0.5) is 5.69 Å². The van der Waals surface area contributed by atoms with E-state index in [2.05, 4.69) is 65.2 Å². The molecule has 0 atom stereocenters. The fourth-order valence-corrected chi connectivity index (χ4v) is 4.19. The van der Waals surface area contributed by atoms with Gasteiger partial charge in [0.2, 0.25) is 0 Å². The summed E-state index contributed by atoms with van der Waals surface area (Å²) in [4.78, 5) is 0. The molecule has 1 aliphatic rings. The third-order valence-corrected chi connectivity index (χ3v) is 4.51. The second-order valence-corrected chi connectivity index (χ2v) is 6.55. The smallest absolute Gasteiger partial charge is 0.0629 e. The predicted octanol–water partition coefficient (Wildman–Crippen LogP) is 5.19. The van der Waals surface area contributed by atoms with Gasteiger partial charge in [-0.25, -0.2) is 0 Å². The molecular weight excluding hydrogens is 386 g/mol. The minimum Gasteiger partial charge on any atom is -0.383 e. The lowest BCUT2D eigenvalue weighted by atomic mass is 9.85. The highest BCUT2D eigenvalue weighted by atomic mass is 79.9. The molecule has 1 N–H and O–H groups in total. The number of rotatable bonds is 3. The molecule has 0 amide bonds. The molecule has 1 nitrogen and oxygen atoms in total. The molecule has 0 aliphatic heterocycles. The van der Waals surface area contributed by atoms with Gasteiger partial charge in [0.1, 0.15) is 0 Å². The maximum absolute atomic E-state index is 3.57. The summed E-state index contributed by atoms with van der Waals surface area (Å²) in [6.07, 6.45) is 4.15. The molecule has 4 heteroatoms. The van der Waals surface area contributed by atoms with Gasteiger partial charge in [-0.3, -0.25) is 0 Å². The Morgan fingerprint density at radius 3 is 2.20 bits per heavy atom. The Hall–Kier alpha value is 0.460. The normalized spacial score (nSPS) is 16.2. The Kier molecular flexibility index (Phi) is 4.13. The molecule has 1 fully saturated rings. The van der Waals surface area contributed by atoms with Crippen LogP contribution in [0.1, 0.15) is 19.3 Å². The number of nitrogens with one attached hydrogen (secondary N) is 1. The van der Waals surface area contributed by atoms with Gasteiger partial charge in [-0.05, 0) is 62.8 Å². The zero-order valence-electron chi connectivity index (χ0n) is 8.19. The molecule has 15 heavy (non-hydrogen) atoms. The molecule has 1 aromatic carbocycles. The first-order valence-electron chi connectivity index (χ1n) is 5.05. The van der Waals surface area contributed by atoms with Crippen molar-refractivity contribution in [2.75, 3.05) is 11.9 Å². The maximum Gasteiger partial charge on any atom is 0.0629 e. The largest absolute Gasteiger partial charge is 0.383 e. The summed E-state index contributed by atoms with van der Waals surface area (Å²) in [5, 5.41) is 3.50. The van der Waals surface area contributed by atoms with E-state index < -0.39 is 0 Å². The van der Waals surface area contributed by atoms with E-state index in [1.807, 2.05) is 0 Å². The Morgan fingerprint density at radius 1 is 1.13 bits per heavy atom. The van der Waals surface area contributed by atoms with Gasteiger partial charge in [0.25, 0.3) is 0 Å². The van der Waals surface area contributed by atoms with Crippen molar-refractivity contribution in [2.45, 2.75) is 19.3 Å². The zero-order chi connectivity index (χ0) is 10.8. The van der Waals surface area contributed by atoms with Crippen molar-refractivity contribution in [1.82, 2.24) is 0 Å². The first-order chi connectivity index (χ1) is 7.16. The summed E-state index contributed by atoms with van der Waals surface area (Å²) >= 11 is 10.6. The molecule has 82 valence electrons. The summed E-state index contributed by atoms with van der Waals surface area (Å²) < 4.78 is 3.28. The second-order valence-electron chi connectivity index (χ2n) is 3.92. The van der Waals surface area contributed by atoms with Gasteiger partial charge in [0, 0.05) is 20.0 Å². The van der Waals surface area contributed by atoms with Gasteiger partial charge >= 0.3 is 0 Å². The monoisotopic (exact) mass is 395 g/mol. The summed E-state index contributed by atoms with van der Waals surface area (Å²) in [5.74, 6) is 0.868. The lowest BCUT2D eigenvalue weighted by Crippen LogP contribution is -2.21. The van der Waals surface area contributed by atoms with E-state index in [0.29, 0.717) is 0 Å². The van der Waals surface area contributed by atoms with Crippen molar-refractivity contribution < 1.29 is 0 Å². The standard InChI is InChI=1S/C11H12Br3N/c12-8-4-9(13)11(10(14)5-8)15-6-7-2-1-3-7/h4-5,7,15H,1-3,6H2. The first kappa shape index (κ1) is 11.9. The van der Waals surface area contributed by atoms with Crippen LogP contribution in [0.3, 0.4) is 0 Å². The minimum atomic E-state index is 0.868. The predicted molar refractivity (Wildman–Crippen MR) is 75.4 cm³/mol. The molecule has 0 saturated heterocycles. The fourth-order valence-electron chi connectivity index (χ4n) is 1.65. The maximum atomic E-state index is 3.57. The fraction of sp³-hybridized carbons (Fsp3) is 0.455. The van der Waals surface area contributed by atoms with Crippen LogP contribution in [0, 0.1) is 5.92 Å². The van der Waals surface area contributed by atoms with Crippen LogP contribution < -0.4 is 5.32 Å². The van der Waals surface area contributed by atoms with Crippen molar-refractivity contribution in [3.63, 3.8) is 0 Å². The van der Waals surface area contributed by atoms with Crippen LogP contribution in [0.15, 0.2) is 25.6 Å². The molecule has 0 aromatic heterocycles. The van der Waals surface area contributed by atoms with Gasteiger partial charge < -0.3 is 5.32 Å². The van der Waals surface area contributed by atoms with Crippen molar-refractivity contribution in [1.29, 1.82) is 0 Å². The van der Waals surface area contributed by atoms with E-state index in [0.717, 1.165) is 31.6 Å². The van der Waals surface area contributed by atoms with Crippen molar-refractivity contribution in [3.8, 4) is 0 Å². The van der Waals surface area contributed by atoms with E-state index in [-0.39, 0.29) is 0 Å². The van der Waals surface area contributed by atoms with E-state index in [1.54, 1.807) is 0 Å². The Morgan fingerprint density at radius 2 is 1.73 bits per heavy atom. The second kappa shape index (κ2) is 5.19. The number of halogens is 3. The van der Waals surface area contributed by atoms with Crippen LogP contribution in [0.2, 0.25) is 0 Å². The van der Waals surface area contributed by atoms with Crippen molar-refractivity contribution in [3.05, 3.63) is 25.6 Å². The van der Waals surface area contributed by atoms with Gasteiger partial charge in [-0.15, -0.1) is 0 Å². The SMILES string of the molecule is Brc1cc(Br)c(NCC2CCC2)c(Br)c1. The molecule has 0 unspecified atom stereocenters. The molecule has 0 radical (unpaired) electrons. The van der Waals surface area contributed by atoms with Crippen LogP contribution in [-0.4, -0.2) is 6.54 Å². The summed E-state index contributed by atoms with van der Waals surface area (Å²) in [6, 6.07) is 4.13. The Balaban J connectivity index is 2.05. The molecular formula is C11H12Br3N. The number of hydrogen-bond donors (Lipinski definition) is 1. The average molecular weight is 398 g/mol. The minimum absolute atomic E-state index is 0.868. The van der Waals surface area contributed by atoms with Crippen LogP contribution in [-0.2, 0) is 0 Å². The van der Waals surface area contributed by atoms with E-state index in [9.17, 15) is 0 Å². The van der Waals surface area contributed by atoms with E-state index in [4.69, 9.17) is 0 Å². The average Bonchev–Trinajstić information content (AvgIpc) is 2.06. The molecule has 0 bridgehead atoms. The Labute approximate surface area is 115 Å². The number of hydrogen-bond acceptors (Lipinski definition) is 1. The van der Waals surface area contributed by atoms with Crippen LogP contribution in [0.25, 0.3) is 0 Å². The van der Waals surface area contributed by atoms with Gasteiger partial charge in [0.05, 0.1) is 5.69 Å². The van der Waals surface area contributed by atoms with E-state index in [1.165, 1.54) is 19.3 Å². The summed E-state index contributed by atoms with van der Waals surface area (Å²) in [7, 11) is 0. The molecule has 0 spiro atoms. The van der Waals surface area contributed by atoms with Gasteiger partial charge in [-0.2, -0.15) is 0 Å². The third-order valence-electron chi connectivity index (χ3n) is 2.80. The van der Waals surface area contributed by atoms with Crippen molar-refractivity contribution >= 4 is 53.5 Å². The topological polar surface area (TPSA) is 12.0 Å². The lowest BCUT2D eigenvalue weighted by molar-refractivity contribution is 0.333. The third kappa shape index (κ3) is 2.98. The zero-order valence-corrected chi connectivity index (χ0v) is 13.0. The molecule has 1 aliphatic carbocycles. The molecule has 1 aromatic rings. The number of benzene rings is 1. The quantitative estimate of drug-likeness (QED) is 0.740. The van der Waals surface area contributed by atoms with E-state index >= 15 is 0 Å². The molecule has 2 rings (SSSR count). The lowest BCUT2D eigenvalue weighted by Gasteiger charge is -2.26. The summed E-state index contributed by atoms with van der Waals surface area (Å²) in [6.45, 7) is 1.08. The van der Waals surface area contributed by atoms with Gasteiger partial charge in [-0.1, -0.05) is 22.4 Å². The highest BCUT2D eigenvalue weighted by Gasteiger charge is 2.17. The Bertz CT molecular complexity index is 338. The van der Waals surface area contributed by atoms with Crippen LogP contribution >= 0.6 is 47.8 Å². The highest BCUT2D eigenvalue weighted by Crippen LogP contribution is 2.35. The molecule has 0 heterocycles. The number of anilines is 1. The van der Waals surface area contributed by atoms with Gasteiger partial charge in [0.15, 0.2) is 0 Å². The molecule has 1 saturated carbocycles. The van der Waals surface area contributed by atoms with Crippen LogP contribution in [0.5, 0.6) is 0 Å². The van der Waals surface area contributed by atoms with Crippen molar-refractivity contribution in [2.24, 2.45) is 5.92 Å². The highest BCUT2D eigenvalue weighted by molar-refractivity contribution is 9.11. The summed E-state index contributed by atoms with van der Waals surface area (Å²) in [5.41, 5.74) is 1.16.